The lowest BCUT2D eigenvalue weighted by atomic mass is 9.92. The van der Waals surface area contributed by atoms with Gasteiger partial charge in [0.25, 0.3) is 0 Å². The molecule has 0 amide bonds. The Morgan fingerprint density at radius 3 is 2.12 bits per heavy atom. The second kappa shape index (κ2) is 10.5. The van der Waals surface area contributed by atoms with Crippen LogP contribution in [0.4, 0.5) is 5.69 Å². The lowest BCUT2D eigenvalue weighted by molar-refractivity contribution is -0.555. The molecule has 4 nitrogen and oxygen atoms in total. The molecule has 33 heavy (non-hydrogen) atoms. The molecule has 178 valence electrons. The van der Waals surface area contributed by atoms with Gasteiger partial charge in [-0.25, -0.2) is 4.90 Å². The van der Waals surface area contributed by atoms with Gasteiger partial charge in [-0.15, -0.1) is 0 Å². The van der Waals surface area contributed by atoms with Crippen LogP contribution in [0.3, 0.4) is 0 Å². The number of carbonyl (C=O) groups is 1. The van der Waals surface area contributed by atoms with Crippen molar-refractivity contribution in [2.24, 2.45) is 5.41 Å². The summed E-state index contributed by atoms with van der Waals surface area (Å²) in [5, 5.41) is 0. The number of hydrogen-bond acceptors (Lipinski definition) is 3. The molecule has 0 aromatic heterocycles. The van der Waals surface area contributed by atoms with E-state index in [2.05, 4.69) is 86.0 Å². The van der Waals surface area contributed by atoms with E-state index in [4.69, 9.17) is 4.74 Å². The molecule has 4 heteroatoms. The van der Waals surface area contributed by atoms with Crippen molar-refractivity contribution in [2.45, 2.75) is 72.8 Å². The maximum atomic E-state index is 12.5. The first-order valence-electron chi connectivity index (χ1n) is 12.3. The molecule has 0 fully saturated rings. The van der Waals surface area contributed by atoms with E-state index >= 15 is 0 Å². The quantitative estimate of drug-likeness (QED) is 0.366. The van der Waals surface area contributed by atoms with Gasteiger partial charge in [-0.05, 0) is 38.2 Å². The molecule has 1 aliphatic heterocycles. The lowest BCUT2D eigenvalue weighted by Crippen LogP contribution is -2.35. The van der Waals surface area contributed by atoms with Crippen molar-refractivity contribution in [1.29, 1.82) is 0 Å². The smallest absolute Gasteiger partial charge is 0.311 e. The number of nitrogens with zero attached hydrogens (tertiary/aromatic N) is 2. The van der Waals surface area contributed by atoms with Gasteiger partial charge in [0.1, 0.15) is 31.4 Å². The standard InChI is InChI=1S/C29H41N2O2/c1-21(2)25-14-11-15-26(22(3)4)27(25)31-17-16-30(20-31)24(18-23-12-9-8-10-13-23)19-33-28(32)29(5,6)7/h8-15,20-22,24H,16-19H2,1-7H3/q+1/t24-/m0/s1. The Balaban J connectivity index is 1.92. The van der Waals surface area contributed by atoms with Crippen molar-refractivity contribution >= 4 is 18.0 Å². The Morgan fingerprint density at radius 1 is 0.970 bits per heavy atom. The van der Waals surface area contributed by atoms with E-state index in [-0.39, 0.29) is 12.0 Å². The van der Waals surface area contributed by atoms with Crippen molar-refractivity contribution in [2.75, 3.05) is 24.6 Å². The molecule has 1 atom stereocenters. The molecule has 3 rings (SSSR count). The Hall–Kier alpha value is -2.62. The average molecular weight is 450 g/mol. The van der Waals surface area contributed by atoms with E-state index in [1.54, 1.807) is 0 Å². The van der Waals surface area contributed by atoms with Crippen molar-refractivity contribution < 1.29 is 14.1 Å². The molecular weight excluding hydrogens is 408 g/mol. The summed E-state index contributed by atoms with van der Waals surface area (Å²) in [6.45, 7) is 17.0. The highest BCUT2D eigenvalue weighted by atomic mass is 16.5. The predicted molar refractivity (Wildman–Crippen MR) is 138 cm³/mol. The SMILES string of the molecule is CC(C)c1cccc(C(C)C)c1N1C=[N+]([C@H](COC(=O)C(C)(C)C)Cc2ccccc2)CC1. The molecule has 0 saturated carbocycles. The van der Waals surface area contributed by atoms with E-state index in [1.165, 1.54) is 22.4 Å². The van der Waals surface area contributed by atoms with Crippen LogP contribution in [0.1, 0.15) is 77.0 Å². The molecule has 0 radical (unpaired) electrons. The number of ether oxygens (including phenoxy) is 1. The number of rotatable bonds is 8. The molecule has 0 bridgehead atoms. The van der Waals surface area contributed by atoms with Gasteiger partial charge < -0.3 is 4.74 Å². The molecular formula is C29H41N2O2+. The van der Waals surface area contributed by atoms with Crippen LogP contribution >= 0.6 is 0 Å². The van der Waals surface area contributed by atoms with E-state index in [1.807, 2.05) is 26.8 Å². The molecule has 0 saturated heterocycles. The molecule has 0 spiro atoms. The fourth-order valence-corrected chi connectivity index (χ4v) is 4.35. The van der Waals surface area contributed by atoms with Crippen molar-refractivity contribution in [1.82, 2.24) is 0 Å². The zero-order valence-electron chi connectivity index (χ0n) is 21.5. The Labute approximate surface area is 200 Å². The molecule has 1 aliphatic rings. The Kier molecular flexibility index (Phi) is 7.99. The highest BCUT2D eigenvalue weighted by Crippen LogP contribution is 2.35. The number of esters is 1. The van der Waals surface area contributed by atoms with Gasteiger partial charge in [-0.1, -0.05) is 76.2 Å². The maximum absolute atomic E-state index is 12.5. The second-order valence-corrected chi connectivity index (χ2v) is 10.8. The molecule has 0 aliphatic carbocycles. The average Bonchev–Trinajstić information content (AvgIpc) is 3.25. The van der Waals surface area contributed by atoms with Gasteiger partial charge in [0.05, 0.1) is 5.41 Å². The van der Waals surface area contributed by atoms with E-state index in [0.29, 0.717) is 18.4 Å². The highest BCUT2D eigenvalue weighted by Gasteiger charge is 2.33. The third-order valence-electron chi connectivity index (χ3n) is 6.32. The third-order valence-corrected chi connectivity index (χ3v) is 6.32. The van der Waals surface area contributed by atoms with Gasteiger partial charge in [0.15, 0.2) is 0 Å². The Bertz CT molecular complexity index is 945. The van der Waals surface area contributed by atoms with Gasteiger partial charge in [-0.3, -0.25) is 9.37 Å². The fourth-order valence-electron chi connectivity index (χ4n) is 4.35. The summed E-state index contributed by atoms with van der Waals surface area (Å²) >= 11 is 0. The molecule has 0 unspecified atom stereocenters. The van der Waals surface area contributed by atoms with Crippen LogP contribution < -0.4 is 4.90 Å². The number of anilines is 1. The highest BCUT2D eigenvalue weighted by molar-refractivity contribution is 5.81. The first-order valence-corrected chi connectivity index (χ1v) is 12.3. The largest absolute Gasteiger partial charge is 0.461 e. The Morgan fingerprint density at radius 2 is 1.58 bits per heavy atom. The van der Waals surface area contributed by atoms with Crippen molar-refractivity contribution in [3.05, 3.63) is 65.2 Å². The van der Waals surface area contributed by atoms with Gasteiger partial charge in [0, 0.05) is 17.5 Å². The first-order chi connectivity index (χ1) is 15.6. The summed E-state index contributed by atoms with van der Waals surface area (Å²) in [6, 6.07) is 17.3. The van der Waals surface area contributed by atoms with Crippen LogP contribution in [0.2, 0.25) is 0 Å². The number of benzene rings is 2. The summed E-state index contributed by atoms with van der Waals surface area (Å²) in [7, 11) is 0. The number of para-hydroxylation sites is 1. The van der Waals surface area contributed by atoms with E-state index in [9.17, 15) is 4.79 Å². The minimum absolute atomic E-state index is 0.0948. The van der Waals surface area contributed by atoms with Crippen LogP contribution in [0.25, 0.3) is 0 Å². The lowest BCUT2D eigenvalue weighted by Gasteiger charge is -2.21. The van der Waals surface area contributed by atoms with Crippen LogP contribution in [0.5, 0.6) is 0 Å². The third kappa shape index (κ3) is 6.25. The molecule has 0 N–H and O–H groups in total. The van der Waals surface area contributed by atoms with Gasteiger partial charge >= 0.3 is 5.97 Å². The van der Waals surface area contributed by atoms with Gasteiger partial charge in [0.2, 0.25) is 6.34 Å². The monoisotopic (exact) mass is 449 g/mol. The van der Waals surface area contributed by atoms with E-state index in [0.717, 1.165) is 19.5 Å². The summed E-state index contributed by atoms with van der Waals surface area (Å²) < 4.78 is 8.16. The normalized spacial score (nSPS) is 15.2. The maximum Gasteiger partial charge on any atom is 0.311 e. The molecule has 2 aromatic carbocycles. The number of hydrogen-bond donors (Lipinski definition) is 0. The summed E-state index contributed by atoms with van der Waals surface area (Å²) in [5.41, 5.74) is 4.87. The zero-order valence-corrected chi connectivity index (χ0v) is 21.5. The van der Waals surface area contributed by atoms with Crippen LogP contribution in [0.15, 0.2) is 48.5 Å². The van der Waals surface area contributed by atoms with Crippen molar-refractivity contribution in [3.63, 3.8) is 0 Å². The number of carbonyl (C=O) groups excluding carboxylic acids is 1. The summed E-state index contributed by atoms with van der Waals surface area (Å²) in [4.78, 5) is 14.9. The minimum atomic E-state index is -0.500. The summed E-state index contributed by atoms with van der Waals surface area (Å²) in [5.74, 6) is 0.756. The van der Waals surface area contributed by atoms with Crippen molar-refractivity contribution in [3.8, 4) is 0 Å². The van der Waals surface area contributed by atoms with Gasteiger partial charge in [-0.2, -0.15) is 0 Å². The zero-order chi connectivity index (χ0) is 24.2. The fraction of sp³-hybridized carbons (Fsp3) is 0.517. The van der Waals surface area contributed by atoms with E-state index < -0.39 is 5.41 Å². The first kappa shape index (κ1) is 25.0. The predicted octanol–water partition coefficient (Wildman–Crippen LogP) is 5.99. The molecule has 1 heterocycles. The molecule has 2 aromatic rings. The minimum Gasteiger partial charge on any atom is -0.461 e. The van der Waals surface area contributed by atoms with Crippen LogP contribution in [0, 0.1) is 5.41 Å². The van der Waals surface area contributed by atoms with Crippen LogP contribution in [-0.2, 0) is 16.0 Å². The summed E-state index contributed by atoms with van der Waals surface area (Å²) in [6.07, 6.45) is 3.09. The topological polar surface area (TPSA) is 32.5 Å². The second-order valence-electron chi connectivity index (χ2n) is 10.8. The van der Waals surface area contributed by atoms with Crippen LogP contribution in [-0.4, -0.2) is 42.6 Å².